The highest BCUT2D eigenvalue weighted by Crippen LogP contribution is 2.09. The Balaban J connectivity index is 1.84. The molecule has 0 spiro atoms. The van der Waals surface area contributed by atoms with Crippen molar-refractivity contribution in [2.45, 2.75) is 26.2 Å². The molecule has 0 radical (unpaired) electrons. The van der Waals surface area contributed by atoms with Crippen LogP contribution in [0.25, 0.3) is 0 Å². The number of aromatic nitrogens is 1. The third-order valence-corrected chi connectivity index (χ3v) is 2.94. The second-order valence-electron chi connectivity index (χ2n) is 4.46. The van der Waals surface area contributed by atoms with Crippen molar-refractivity contribution in [1.82, 2.24) is 4.98 Å². The number of nitrogens with zero attached hydrogens (tertiary/aromatic N) is 1. The van der Waals surface area contributed by atoms with Crippen molar-refractivity contribution in [3.63, 3.8) is 0 Å². The van der Waals surface area contributed by atoms with Crippen LogP contribution in [0.15, 0.2) is 48.7 Å². The molecule has 92 valence electrons. The van der Waals surface area contributed by atoms with Crippen molar-refractivity contribution in [2.24, 2.45) is 0 Å². The van der Waals surface area contributed by atoms with E-state index in [-0.39, 0.29) is 5.78 Å². The molecular formula is C16H17NO. The van der Waals surface area contributed by atoms with Crippen LogP contribution in [0.5, 0.6) is 0 Å². The number of carbonyl (C=O) groups excluding carboxylic acids is 1. The third-order valence-electron chi connectivity index (χ3n) is 2.94. The molecule has 0 saturated heterocycles. The van der Waals surface area contributed by atoms with Crippen molar-refractivity contribution >= 4 is 5.78 Å². The lowest BCUT2D eigenvalue weighted by molar-refractivity contribution is 0.0980. The van der Waals surface area contributed by atoms with Crippen molar-refractivity contribution < 1.29 is 4.79 Å². The summed E-state index contributed by atoms with van der Waals surface area (Å²) in [5.41, 5.74) is 3.04. The van der Waals surface area contributed by atoms with E-state index in [0.29, 0.717) is 6.42 Å². The number of carbonyl (C=O) groups is 1. The van der Waals surface area contributed by atoms with Gasteiger partial charge in [-0.05, 0) is 31.9 Å². The summed E-state index contributed by atoms with van der Waals surface area (Å²) in [4.78, 5) is 16.2. The molecule has 0 aliphatic carbocycles. The number of rotatable bonds is 5. The second kappa shape index (κ2) is 6.10. The van der Waals surface area contributed by atoms with Gasteiger partial charge in [-0.15, -0.1) is 0 Å². The average molecular weight is 239 g/mol. The van der Waals surface area contributed by atoms with Gasteiger partial charge in [-0.25, -0.2) is 0 Å². The summed E-state index contributed by atoms with van der Waals surface area (Å²) in [6.45, 7) is 2.02. The van der Waals surface area contributed by atoms with Crippen LogP contribution in [0.3, 0.4) is 0 Å². The zero-order valence-corrected chi connectivity index (χ0v) is 10.6. The quantitative estimate of drug-likeness (QED) is 0.746. The monoisotopic (exact) mass is 239 g/mol. The standard InChI is InChI=1S/C16H17NO/c1-13-8-10-14(11-9-13)16(18)7-4-6-15-5-2-3-12-17-15/h2-3,5,8-12H,4,6-7H2,1H3. The van der Waals surface area contributed by atoms with Crippen LogP contribution >= 0.6 is 0 Å². The van der Waals surface area contributed by atoms with E-state index in [0.717, 1.165) is 24.1 Å². The molecule has 0 bridgehead atoms. The highest BCUT2D eigenvalue weighted by molar-refractivity contribution is 5.96. The lowest BCUT2D eigenvalue weighted by atomic mass is 10.0. The molecule has 0 saturated carbocycles. The van der Waals surface area contributed by atoms with E-state index in [1.165, 1.54) is 5.56 Å². The first-order chi connectivity index (χ1) is 8.75. The van der Waals surface area contributed by atoms with Gasteiger partial charge < -0.3 is 0 Å². The molecular weight excluding hydrogens is 222 g/mol. The minimum absolute atomic E-state index is 0.214. The minimum Gasteiger partial charge on any atom is -0.294 e. The van der Waals surface area contributed by atoms with Crippen LogP contribution in [-0.4, -0.2) is 10.8 Å². The summed E-state index contributed by atoms with van der Waals surface area (Å²) in [6, 6.07) is 13.6. The van der Waals surface area contributed by atoms with Gasteiger partial charge in [-0.1, -0.05) is 35.9 Å². The van der Waals surface area contributed by atoms with Crippen LogP contribution in [0, 0.1) is 6.92 Å². The molecule has 18 heavy (non-hydrogen) atoms. The first-order valence-electron chi connectivity index (χ1n) is 6.25. The van der Waals surface area contributed by atoms with E-state index in [9.17, 15) is 4.79 Å². The number of aryl methyl sites for hydroxylation is 2. The smallest absolute Gasteiger partial charge is 0.162 e. The first-order valence-corrected chi connectivity index (χ1v) is 6.25. The number of hydrogen-bond acceptors (Lipinski definition) is 2. The van der Waals surface area contributed by atoms with Crippen molar-refractivity contribution in [1.29, 1.82) is 0 Å². The predicted molar refractivity (Wildman–Crippen MR) is 72.7 cm³/mol. The molecule has 1 aromatic carbocycles. The molecule has 2 nitrogen and oxygen atoms in total. The maximum atomic E-state index is 11.9. The van der Waals surface area contributed by atoms with E-state index < -0.39 is 0 Å². The lowest BCUT2D eigenvalue weighted by Gasteiger charge is -2.02. The molecule has 0 aliphatic rings. The number of benzene rings is 1. The van der Waals surface area contributed by atoms with Crippen LogP contribution < -0.4 is 0 Å². The van der Waals surface area contributed by atoms with E-state index in [1.807, 2.05) is 49.4 Å². The van der Waals surface area contributed by atoms with Gasteiger partial charge >= 0.3 is 0 Å². The van der Waals surface area contributed by atoms with Gasteiger partial charge in [0.2, 0.25) is 0 Å². The topological polar surface area (TPSA) is 30.0 Å². The van der Waals surface area contributed by atoms with Crippen molar-refractivity contribution in [3.8, 4) is 0 Å². The van der Waals surface area contributed by atoms with Gasteiger partial charge in [0, 0.05) is 23.9 Å². The average Bonchev–Trinajstić information content (AvgIpc) is 2.40. The highest BCUT2D eigenvalue weighted by atomic mass is 16.1. The maximum absolute atomic E-state index is 11.9. The number of pyridine rings is 1. The Labute approximate surface area is 108 Å². The fraction of sp³-hybridized carbons (Fsp3) is 0.250. The molecule has 2 heteroatoms. The number of ketones is 1. The van der Waals surface area contributed by atoms with Crippen LogP contribution in [-0.2, 0) is 6.42 Å². The Morgan fingerprint density at radius 1 is 1.11 bits per heavy atom. The van der Waals surface area contributed by atoms with Gasteiger partial charge in [0.25, 0.3) is 0 Å². The molecule has 1 aromatic heterocycles. The molecule has 0 fully saturated rings. The van der Waals surface area contributed by atoms with Crippen molar-refractivity contribution in [2.75, 3.05) is 0 Å². The Bertz CT molecular complexity index is 502. The summed E-state index contributed by atoms with van der Waals surface area (Å²) < 4.78 is 0. The van der Waals surface area contributed by atoms with E-state index in [1.54, 1.807) is 6.20 Å². The highest BCUT2D eigenvalue weighted by Gasteiger charge is 2.05. The molecule has 0 atom stereocenters. The summed E-state index contributed by atoms with van der Waals surface area (Å²) in [6.07, 6.45) is 4.08. The second-order valence-corrected chi connectivity index (χ2v) is 4.46. The van der Waals surface area contributed by atoms with Gasteiger partial charge in [0.05, 0.1) is 0 Å². The van der Waals surface area contributed by atoms with Crippen molar-refractivity contribution in [3.05, 3.63) is 65.5 Å². The molecule has 1 heterocycles. The molecule has 2 aromatic rings. The Morgan fingerprint density at radius 2 is 1.89 bits per heavy atom. The van der Waals surface area contributed by atoms with E-state index in [4.69, 9.17) is 0 Å². The fourth-order valence-corrected chi connectivity index (χ4v) is 1.86. The number of hydrogen-bond donors (Lipinski definition) is 0. The Morgan fingerprint density at radius 3 is 2.56 bits per heavy atom. The molecule has 0 amide bonds. The van der Waals surface area contributed by atoms with Gasteiger partial charge in [0.15, 0.2) is 5.78 Å². The Kier molecular flexibility index (Phi) is 4.24. The summed E-state index contributed by atoms with van der Waals surface area (Å²) >= 11 is 0. The lowest BCUT2D eigenvalue weighted by Crippen LogP contribution is -2.00. The first kappa shape index (κ1) is 12.5. The van der Waals surface area contributed by atoms with Crippen LogP contribution in [0.1, 0.15) is 34.5 Å². The molecule has 2 rings (SSSR count). The van der Waals surface area contributed by atoms with Crippen LogP contribution in [0.2, 0.25) is 0 Å². The molecule has 0 N–H and O–H groups in total. The van der Waals surface area contributed by atoms with Gasteiger partial charge in [-0.3, -0.25) is 9.78 Å². The zero-order chi connectivity index (χ0) is 12.8. The van der Waals surface area contributed by atoms with E-state index >= 15 is 0 Å². The predicted octanol–water partition coefficient (Wildman–Crippen LogP) is 3.60. The number of Topliss-reactive ketones (excluding diaryl/α,β-unsaturated/α-hetero) is 1. The normalized spacial score (nSPS) is 10.3. The van der Waals surface area contributed by atoms with Gasteiger partial charge in [-0.2, -0.15) is 0 Å². The Hall–Kier alpha value is -1.96. The SMILES string of the molecule is Cc1ccc(C(=O)CCCc2ccccn2)cc1. The molecule has 0 unspecified atom stereocenters. The molecule has 0 aliphatic heterocycles. The summed E-state index contributed by atoms with van der Waals surface area (Å²) in [5.74, 6) is 0.214. The third kappa shape index (κ3) is 3.52. The maximum Gasteiger partial charge on any atom is 0.162 e. The fourth-order valence-electron chi connectivity index (χ4n) is 1.86. The largest absolute Gasteiger partial charge is 0.294 e. The minimum atomic E-state index is 0.214. The van der Waals surface area contributed by atoms with Crippen LogP contribution in [0.4, 0.5) is 0 Å². The van der Waals surface area contributed by atoms with Gasteiger partial charge in [0.1, 0.15) is 0 Å². The summed E-state index contributed by atoms with van der Waals surface area (Å²) in [7, 11) is 0. The summed E-state index contributed by atoms with van der Waals surface area (Å²) in [5, 5.41) is 0. The zero-order valence-electron chi connectivity index (χ0n) is 10.6. The van der Waals surface area contributed by atoms with E-state index in [2.05, 4.69) is 4.98 Å².